The van der Waals surface area contributed by atoms with Gasteiger partial charge in [-0.2, -0.15) is 0 Å². The summed E-state index contributed by atoms with van der Waals surface area (Å²) in [4.78, 5) is 20.7. The van der Waals surface area contributed by atoms with Gasteiger partial charge >= 0.3 is 0 Å². The summed E-state index contributed by atoms with van der Waals surface area (Å²) >= 11 is 0. The van der Waals surface area contributed by atoms with Gasteiger partial charge in [0.25, 0.3) is 0 Å². The normalized spacial score (nSPS) is 21.4. The van der Waals surface area contributed by atoms with Crippen LogP contribution in [0.25, 0.3) is 0 Å². The van der Waals surface area contributed by atoms with E-state index in [0.717, 1.165) is 44.1 Å². The maximum absolute atomic E-state index is 11.7. The summed E-state index contributed by atoms with van der Waals surface area (Å²) in [7, 11) is 3.80. The Bertz CT molecular complexity index is 518. The van der Waals surface area contributed by atoms with Crippen LogP contribution in [0.5, 0.6) is 0 Å². The number of rotatable bonds is 2. The zero-order chi connectivity index (χ0) is 14.1. The molecule has 1 unspecified atom stereocenters. The van der Waals surface area contributed by atoms with E-state index in [0.29, 0.717) is 0 Å². The molecule has 108 valence electrons. The number of fused-ring (bicyclic) bond motifs is 1. The second-order valence-electron chi connectivity index (χ2n) is 5.45. The van der Waals surface area contributed by atoms with Gasteiger partial charge in [-0.25, -0.2) is 4.98 Å². The van der Waals surface area contributed by atoms with E-state index in [1.54, 1.807) is 7.05 Å². The van der Waals surface area contributed by atoms with Gasteiger partial charge in [0.1, 0.15) is 5.82 Å². The van der Waals surface area contributed by atoms with E-state index in [1.807, 2.05) is 6.20 Å². The van der Waals surface area contributed by atoms with Crippen molar-refractivity contribution in [3.8, 4) is 0 Å². The first-order valence-corrected chi connectivity index (χ1v) is 7.10. The first-order valence-electron chi connectivity index (χ1n) is 7.10. The molecule has 1 fully saturated rings. The maximum Gasteiger partial charge on any atom is 0.224 e. The van der Waals surface area contributed by atoms with E-state index in [1.165, 1.54) is 5.69 Å². The first kappa shape index (κ1) is 13.0. The van der Waals surface area contributed by atoms with Crippen molar-refractivity contribution >= 4 is 23.1 Å². The fourth-order valence-electron chi connectivity index (χ4n) is 2.92. The number of hydrogen-bond acceptors (Lipinski definition) is 5. The minimum Gasteiger partial charge on any atom is -0.380 e. The van der Waals surface area contributed by atoms with Crippen molar-refractivity contribution in [3.05, 3.63) is 12.3 Å². The Hall–Kier alpha value is -1.98. The molecule has 1 aromatic heterocycles. The molecule has 3 rings (SSSR count). The lowest BCUT2D eigenvalue weighted by molar-refractivity contribution is -0.123. The number of pyridine rings is 1. The molecule has 0 aliphatic carbocycles. The Morgan fingerprint density at radius 3 is 3.15 bits per heavy atom. The lowest BCUT2D eigenvalue weighted by Crippen LogP contribution is -2.32. The highest BCUT2D eigenvalue weighted by atomic mass is 16.1. The van der Waals surface area contributed by atoms with Gasteiger partial charge in [0.2, 0.25) is 5.91 Å². The van der Waals surface area contributed by atoms with E-state index in [-0.39, 0.29) is 11.8 Å². The van der Waals surface area contributed by atoms with Gasteiger partial charge in [0.15, 0.2) is 0 Å². The fraction of sp³-hybridized carbons (Fsp3) is 0.571. The number of nitrogens with one attached hydrogen (secondary N) is 2. The SMILES string of the molecule is CNC(=O)C1CCN(c2cc3c(cn2)NCCN3C)C1. The topological polar surface area (TPSA) is 60.5 Å². The van der Waals surface area contributed by atoms with Gasteiger partial charge in [0, 0.05) is 46.3 Å². The average Bonchev–Trinajstić information content (AvgIpc) is 2.96. The molecule has 2 N–H and O–H groups in total. The van der Waals surface area contributed by atoms with Gasteiger partial charge in [-0.15, -0.1) is 0 Å². The van der Waals surface area contributed by atoms with Crippen LogP contribution in [-0.2, 0) is 4.79 Å². The molecule has 6 heteroatoms. The molecule has 1 atom stereocenters. The first-order chi connectivity index (χ1) is 9.69. The third kappa shape index (κ3) is 2.26. The number of hydrogen-bond donors (Lipinski definition) is 2. The Kier molecular flexibility index (Phi) is 3.38. The summed E-state index contributed by atoms with van der Waals surface area (Å²) < 4.78 is 0. The number of nitrogens with zero attached hydrogens (tertiary/aromatic N) is 3. The Labute approximate surface area is 119 Å². The molecular formula is C14H21N5O. The monoisotopic (exact) mass is 275 g/mol. The van der Waals surface area contributed by atoms with Crippen LogP contribution in [0.15, 0.2) is 12.3 Å². The van der Waals surface area contributed by atoms with E-state index in [2.05, 4.69) is 38.5 Å². The molecule has 2 aliphatic rings. The fourth-order valence-corrected chi connectivity index (χ4v) is 2.92. The molecule has 6 nitrogen and oxygen atoms in total. The van der Waals surface area contributed by atoms with Crippen LogP contribution in [0, 0.1) is 5.92 Å². The van der Waals surface area contributed by atoms with E-state index >= 15 is 0 Å². The van der Waals surface area contributed by atoms with Crippen LogP contribution in [0.3, 0.4) is 0 Å². The van der Waals surface area contributed by atoms with Crippen LogP contribution < -0.4 is 20.4 Å². The lowest BCUT2D eigenvalue weighted by Gasteiger charge is -2.29. The second-order valence-corrected chi connectivity index (χ2v) is 5.45. The van der Waals surface area contributed by atoms with E-state index in [4.69, 9.17) is 0 Å². The van der Waals surface area contributed by atoms with Crippen LogP contribution in [0.4, 0.5) is 17.2 Å². The number of anilines is 3. The van der Waals surface area contributed by atoms with Gasteiger partial charge in [-0.3, -0.25) is 4.79 Å². The number of likely N-dealkylation sites (N-methyl/N-ethyl adjacent to an activating group) is 1. The highest BCUT2D eigenvalue weighted by Crippen LogP contribution is 2.32. The summed E-state index contributed by atoms with van der Waals surface area (Å²) in [5.41, 5.74) is 2.27. The molecule has 1 saturated heterocycles. The molecule has 1 amide bonds. The summed E-state index contributed by atoms with van der Waals surface area (Å²) in [6.07, 6.45) is 2.79. The summed E-state index contributed by atoms with van der Waals surface area (Å²) in [5.74, 6) is 1.17. The quantitative estimate of drug-likeness (QED) is 0.824. The van der Waals surface area contributed by atoms with Crippen LogP contribution >= 0.6 is 0 Å². The predicted molar refractivity (Wildman–Crippen MR) is 80.4 cm³/mol. The molecule has 0 aromatic carbocycles. The molecule has 20 heavy (non-hydrogen) atoms. The summed E-state index contributed by atoms with van der Waals surface area (Å²) in [6, 6.07) is 2.12. The van der Waals surface area contributed by atoms with Crippen molar-refractivity contribution in [2.45, 2.75) is 6.42 Å². The van der Waals surface area contributed by atoms with E-state index in [9.17, 15) is 4.79 Å². The Morgan fingerprint density at radius 1 is 1.50 bits per heavy atom. The molecule has 0 radical (unpaired) electrons. The largest absolute Gasteiger partial charge is 0.380 e. The zero-order valence-electron chi connectivity index (χ0n) is 12.0. The Morgan fingerprint density at radius 2 is 2.35 bits per heavy atom. The van der Waals surface area contributed by atoms with Crippen molar-refractivity contribution in [3.63, 3.8) is 0 Å². The van der Waals surface area contributed by atoms with Gasteiger partial charge < -0.3 is 20.4 Å². The molecule has 0 bridgehead atoms. The van der Waals surface area contributed by atoms with Gasteiger partial charge in [0.05, 0.1) is 23.5 Å². The molecular weight excluding hydrogens is 254 g/mol. The van der Waals surface area contributed by atoms with Crippen molar-refractivity contribution in [1.29, 1.82) is 0 Å². The minimum absolute atomic E-state index is 0.0775. The number of carbonyl (C=O) groups is 1. The molecule has 3 heterocycles. The van der Waals surface area contributed by atoms with Crippen molar-refractivity contribution in [1.82, 2.24) is 10.3 Å². The Balaban J connectivity index is 1.78. The number of carbonyl (C=O) groups excluding carboxylic acids is 1. The van der Waals surface area contributed by atoms with Crippen LogP contribution in [0.1, 0.15) is 6.42 Å². The van der Waals surface area contributed by atoms with Crippen molar-refractivity contribution in [2.75, 3.05) is 55.4 Å². The summed E-state index contributed by atoms with van der Waals surface area (Å²) in [5, 5.41) is 6.09. The third-order valence-corrected chi connectivity index (χ3v) is 4.17. The second kappa shape index (κ2) is 5.19. The van der Waals surface area contributed by atoms with Crippen LogP contribution in [0.2, 0.25) is 0 Å². The highest BCUT2D eigenvalue weighted by Gasteiger charge is 2.29. The number of aromatic nitrogens is 1. The van der Waals surface area contributed by atoms with Crippen molar-refractivity contribution < 1.29 is 4.79 Å². The summed E-state index contributed by atoms with van der Waals surface area (Å²) in [6.45, 7) is 3.59. The highest BCUT2D eigenvalue weighted by molar-refractivity contribution is 5.80. The predicted octanol–water partition coefficient (Wildman–Crippen LogP) is 0.516. The third-order valence-electron chi connectivity index (χ3n) is 4.17. The van der Waals surface area contributed by atoms with E-state index < -0.39 is 0 Å². The molecule has 0 spiro atoms. The van der Waals surface area contributed by atoms with Gasteiger partial charge in [-0.1, -0.05) is 0 Å². The molecule has 1 aromatic rings. The molecule has 0 saturated carbocycles. The average molecular weight is 275 g/mol. The van der Waals surface area contributed by atoms with Crippen molar-refractivity contribution in [2.24, 2.45) is 5.92 Å². The lowest BCUT2D eigenvalue weighted by atomic mass is 10.1. The maximum atomic E-state index is 11.7. The minimum atomic E-state index is 0.0775. The standard InChI is InChI=1S/C14H21N5O/c1-15-14(20)10-3-5-19(9-10)13-7-12-11(8-17-13)16-4-6-18(12)2/h7-8,10,16H,3-6,9H2,1-2H3,(H,15,20). The molecule has 2 aliphatic heterocycles. The van der Waals surface area contributed by atoms with Gasteiger partial charge in [-0.05, 0) is 6.42 Å². The smallest absolute Gasteiger partial charge is 0.224 e. The van der Waals surface area contributed by atoms with Crippen LogP contribution in [-0.4, -0.2) is 51.2 Å². The zero-order valence-corrected chi connectivity index (χ0v) is 12.0. The number of amides is 1.